The Morgan fingerprint density at radius 2 is 2.42 bits per heavy atom. The maximum Gasteiger partial charge on any atom is 0.257 e. The van der Waals surface area contributed by atoms with Crippen molar-refractivity contribution in [3.05, 3.63) is 28.8 Å². The van der Waals surface area contributed by atoms with Crippen LogP contribution >= 0.6 is 11.6 Å². The number of hydrogen-bond acceptors (Lipinski definition) is 3. The molecule has 6 heteroatoms. The molecule has 104 valence electrons. The number of morpholine rings is 1. The third kappa shape index (κ3) is 3.04. The maximum atomic E-state index is 13.2. The lowest BCUT2D eigenvalue weighted by molar-refractivity contribution is -0.0444. The Morgan fingerprint density at radius 1 is 1.68 bits per heavy atom. The molecule has 1 amide bonds. The molecule has 1 aliphatic heterocycles. The Morgan fingerprint density at radius 3 is 3.11 bits per heavy atom. The molecular formula is C13H16ClFN2O2. The molecule has 2 atom stereocenters. The van der Waals surface area contributed by atoms with Crippen molar-refractivity contribution in [2.75, 3.05) is 13.2 Å². The van der Waals surface area contributed by atoms with E-state index in [4.69, 9.17) is 16.3 Å². The quantitative estimate of drug-likeness (QED) is 0.785. The fourth-order valence-corrected chi connectivity index (χ4v) is 2.34. The van der Waals surface area contributed by atoms with Crippen LogP contribution in [-0.2, 0) is 4.74 Å². The van der Waals surface area contributed by atoms with Crippen LogP contribution in [0, 0.1) is 5.82 Å². The molecule has 19 heavy (non-hydrogen) atoms. The van der Waals surface area contributed by atoms with Gasteiger partial charge in [0.1, 0.15) is 11.0 Å². The monoisotopic (exact) mass is 286 g/mol. The SMILES string of the molecule is CCC1COC(C)CN1C(=O)c1cc(F)cnc1Cl. The van der Waals surface area contributed by atoms with Crippen molar-refractivity contribution in [1.82, 2.24) is 9.88 Å². The van der Waals surface area contributed by atoms with Crippen molar-refractivity contribution in [3.8, 4) is 0 Å². The zero-order chi connectivity index (χ0) is 14.0. The second-order valence-corrected chi connectivity index (χ2v) is 5.01. The summed E-state index contributed by atoms with van der Waals surface area (Å²) in [7, 11) is 0. The van der Waals surface area contributed by atoms with Crippen LogP contribution in [0.5, 0.6) is 0 Å². The lowest BCUT2D eigenvalue weighted by Gasteiger charge is -2.38. The number of aromatic nitrogens is 1. The van der Waals surface area contributed by atoms with Gasteiger partial charge in [-0.2, -0.15) is 0 Å². The zero-order valence-corrected chi connectivity index (χ0v) is 11.7. The van der Waals surface area contributed by atoms with Crippen LogP contribution in [0.2, 0.25) is 5.15 Å². The molecule has 2 rings (SSSR count). The second-order valence-electron chi connectivity index (χ2n) is 4.66. The predicted molar refractivity (Wildman–Crippen MR) is 69.7 cm³/mol. The van der Waals surface area contributed by atoms with Gasteiger partial charge in [-0.25, -0.2) is 9.37 Å². The first-order valence-corrected chi connectivity index (χ1v) is 6.64. The Bertz CT molecular complexity index is 484. The van der Waals surface area contributed by atoms with Crippen LogP contribution in [0.15, 0.2) is 12.3 Å². The number of ether oxygens (including phenoxy) is 1. The topological polar surface area (TPSA) is 42.4 Å². The first kappa shape index (κ1) is 14.2. The molecule has 0 aliphatic carbocycles. The first-order valence-electron chi connectivity index (χ1n) is 6.26. The molecular weight excluding hydrogens is 271 g/mol. The van der Waals surface area contributed by atoms with E-state index in [0.29, 0.717) is 13.2 Å². The van der Waals surface area contributed by atoms with Gasteiger partial charge in [0.25, 0.3) is 5.91 Å². The van der Waals surface area contributed by atoms with E-state index in [0.717, 1.165) is 18.7 Å². The van der Waals surface area contributed by atoms with Gasteiger partial charge in [-0.05, 0) is 19.4 Å². The second kappa shape index (κ2) is 5.84. The highest BCUT2D eigenvalue weighted by atomic mass is 35.5. The molecule has 2 unspecified atom stereocenters. The molecule has 1 saturated heterocycles. The molecule has 2 heterocycles. The van der Waals surface area contributed by atoms with Crippen molar-refractivity contribution in [3.63, 3.8) is 0 Å². The number of rotatable bonds is 2. The smallest absolute Gasteiger partial charge is 0.257 e. The largest absolute Gasteiger partial charge is 0.375 e. The van der Waals surface area contributed by atoms with E-state index in [-0.39, 0.29) is 28.8 Å². The average molecular weight is 287 g/mol. The lowest BCUT2D eigenvalue weighted by Crippen LogP contribution is -2.51. The molecule has 1 aromatic rings. The molecule has 0 aromatic carbocycles. The molecule has 4 nitrogen and oxygen atoms in total. The van der Waals surface area contributed by atoms with Gasteiger partial charge in [0.15, 0.2) is 0 Å². The standard InChI is InChI=1S/C13H16ClFN2O2/c1-3-10-7-19-8(2)6-17(10)13(18)11-4-9(15)5-16-12(11)14/h4-5,8,10H,3,6-7H2,1-2H3. The summed E-state index contributed by atoms with van der Waals surface area (Å²) in [5.74, 6) is -0.860. The van der Waals surface area contributed by atoms with Crippen LogP contribution < -0.4 is 0 Å². The van der Waals surface area contributed by atoms with Gasteiger partial charge in [0.05, 0.1) is 30.5 Å². The minimum atomic E-state index is -0.567. The van der Waals surface area contributed by atoms with Gasteiger partial charge in [-0.15, -0.1) is 0 Å². The zero-order valence-electron chi connectivity index (χ0n) is 10.9. The third-order valence-electron chi connectivity index (χ3n) is 3.24. The van der Waals surface area contributed by atoms with E-state index < -0.39 is 5.82 Å². The summed E-state index contributed by atoms with van der Waals surface area (Å²) >= 11 is 5.88. The summed E-state index contributed by atoms with van der Waals surface area (Å²) in [6.45, 7) is 4.85. The molecule has 1 aliphatic rings. The van der Waals surface area contributed by atoms with E-state index in [1.54, 1.807) is 4.90 Å². The number of carbonyl (C=O) groups is 1. The summed E-state index contributed by atoms with van der Waals surface area (Å²) in [6.07, 6.45) is 1.74. The Kier molecular flexibility index (Phi) is 4.37. The highest BCUT2D eigenvalue weighted by Gasteiger charge is 2.31. The fraction of sp³-hybridized carbons (Fsp3) is 0.538. The summed E-state index contributed by atoms with van der Waals surface area (Å²) < 4.78 is 18.7. The van der Waals surface area contributed by atoms with E-state index in [1.807, 2.05) is 13.8 Å². The fourth-order valence-electron chi connectivity index (χ4n) is 2.16. The molecule has 0 bridgehead atoms. The van der Waals surface area contributed by atoms with Gasteiger partial charge < -0.3 is 9.64 Å². The van der Waals surface area contributed by atoms with Crippen molar-refractivity contribution in [1.29, 1.82) is 0 Å². The number of carbonyl (C=O) groups excluding carboxylic acids is 1. The minimum Gasteiger partial charge on any atom is -0.375 e. The van der Waals surface area contributed by atoms with Crippen molar-refractivity contribution < 1.29 is 13.9 Å². The summed E-state index contributed by atoms with van der Waals surface area (Å²) in [5.41, 5.74) is 0.106. The maximum absolute atomic E-state index is 13.2. The van der Waals surface area contributed by atoms with Crippen molar-refractivity contribution in [2.45, 2.75) is 32.4 Å². The van der Waals surface area contributed by atoms with Gasteiger partial charge in [0.2, 0.25) is 0 Å². The van der Waals surface area contributed by atoms with Gasteiger partial charge >= 0.3 is 0 Å². The molecule has 0 spiro atoms. The van der Waals surface area contributed by atoms with Crippen molar-refractivity contribution in [2.24, 2.45) is 0 Å². The van der Waals surface area contributed by atoms with Crippen LogP contribution in [0.1, 0.15) is 30.6 Å². The molecule has 1 aromatic heterocycles. The first-order chi connectivity index (χ1) is 9.02. The number of halogens is 2. The van der Waals surface area contributed by atoms with E-state index in [1.165, 1.54) is 0 Å². The highest BCUT2D eigenvalue weighted by Crippen LogP contribution is 2.21. The van der Waals surface area contributed by atoms with E-state index in [9.17, 15) is 9.18 Å². The number of amides is 1. The Hall–Kier alpha value is -1.20. The average Bonchev–Trinajstić information content (AvgIpc) is 2.40. The normalized spacial score (nSPS) is 23.5. The number of hydrogen-bond donors (Lipinski definition) is 0. The highest BCUT2D eigenvalue weighted by molar-refractivity contribution is 6.32. The predicted octanol–water partition coefficient (Wildman–Crippen LogP) is 2.51. The molecule has 1 fully saturated rings. The van der Waals surface area contributed by atoms with E-state index in [2.05, 4.69) is 4.98 Å². The van der Waals surface area contributed by atoms with Crippen LogP contribution in [0.4, 0.5) is 4.39 Å². The summed E-state index contributed by atoms with van der Waals surface area (Å²) in [5, 5.41) is 0.0281. The van der Waals surface area contributed by atoms with Gasteiger partial charge in [0, 0.05) is 6.54 Å². The van der Waals surface area contributed by atoms with Crippen molar-refractivity contribution >= 4 is 17.5 Å². The molecule has 0 N–H and O–H groups in total. The van der Waals surface area contributed by atoms with Crippen LogP contribution in [-0.4, -0.2) is 41.1 Å². The number of nitrogens with zero attached hydrogens (tertiary/aromatic N) is 2. The van der Waals surface area contributed by atoms with Gasteiger partial charge in [-0.1, -0.05) is 18.5 Å². The lowest BCUT2D eigenvalue weighted by atomic mass is 10.1. The summed E-state index contributed by atoms with van der Waals surface area (Å²) in [6, 6.07) is 1.12. The Labute approximate surface area is 116 Å². The minimum absolute atomic E-state index is 0.0111. The van der Waals surface area contributed by atoms with Crippen LogP contribution in [0.25, 0.3) is 0 Å². The van der Waals surface area contributed by atoms with E-state index >= 15 is 0 Å². The third-order valence-corrected chi connectivity index (χ3v) is 3.54. The molecule has 0 radical (unpaired) electrons. The number of pyridine rings is 1. The Balaban J connectivity index is 2.28. The van der Waals surface area contributed by atoms with Crippen LogP contribution in [0.3, 0.4) is 0 Å². The summed E-state index contributed by atoms with van der Waals surface area (Å²) in [4.78, 5) is 17.8. The van der Waals surface area contributed by atoms with Gasteiger partial charge in [-0.3, -0.25) is 4.79 Å². The molecule has 0 saturated carbocycles.